The van der Waals surface area contributed by atoms with Crippen molar-refractivity contribution in [3.63, 3.8) is 0 Å². The van der Waals surface area contributed by atoms with Gasteiger partial charge in [0, 0.05) is 16.5 Å². The molecule has 1 aliphatic heterocycles. The number of halogens is 1. The maximum Gasteiger partial charge on any atom is 0.237 e. The topological polar surface area (TPSA) is 41.5 Å². The van der Waals surface area contributed by atoms with Crippen LogP contribution >= 0.6 is 35.1 Å². The van der Waals surface area contributed by atoms with Gasteiger partial charge in [0.15, 0.2) is 0 Å². The Balaban J connectivity index is 2.03. The van der Waals surface area contributed by atoms with E-state index in [4.69, 9.17) is 11.6 Å². The van der Waals surface area contributed by atoms with Crippen molar-refractivity contribution < 1.29 is 4.79 Å². The molecular formula is C14H17ClN2OS2. The number of hydrogen-bond donors (Lipinski definition) is 1. The lowest BCUT2D eigenvalue weighted by Crippen LogP contribution is -2.25. The van der Waals surface area contributed by atoms with Gasteiger partial charge in [-0.05, 0) is 31.0 Å². The number of rotatable bonds is 4. The Morgan fingerprint density at radius 3 is 3.05 bits per heavy atom. The van der Waals surface area contributed by atoms with E-state index in [2.05, 4.69) is 10.3 Å². The number of aliphatic imine (C=N–C) groups is 1. The largest absolute Gasteiger partial charge is 0.325 e. The summed E-state index contributed by atoms with van der Waals surface area (Å²) in [6.45, 7) is 4.78. The van der Waals surface area contributed by atoms with Crippen LogP contribution in [0.4, 0.5) is 5.69 Å². The van der Waals surface area contributed by atoms with E-state index in [0.29, 0.717) is 5.02 Å². The second kappa shape index (κ2) is 7.38. The summed E-state index contributed by atoms with van der Waals surface area (Å²) < 4.78 is 1.02. The van der Waals surface area contributed by atoms with Crippen LogP contribution in [-0.4, -0.2) is 27.8 Å². The van der Waals surface area contributed by atoms with Crippen molar-refractivity contribution >= 4 is 51.1 Å². The molecule has 3 nitrogen and oxygen atoms in total. The van der Waals surface area contributed by atoms with E-state index in [9.17, 15) is 4.79 Å². The fourth-order valence-corrected chi connectivity index (χ4v) is 4.11. The second-order valence-corrected chi connectivity index (χ2v) is 7.35. The number of carbonyl (C=O) groups is 1. The third-order valence-corrected chi connectivity index (χ3v) is 5.97. The third kappa shape index (κ3) is 3.93. The van der Waals surface area contributed by atoms with Gasteiger partial charge in [0.25, 0.3) is 0 Å². The smallest absolute Gasteiger partial charge is 0.237 e. The van der Waals surface area contributed by atoms with Crippen molar-refractivity contribution in [1.29, 1.82) is 0 Å². The van der Waals surface area contributed by atoms with Gasteiger partial charge in [-0.1, -0.05) is 48.1 Å². The van der Waals surface area contributed by atoms with Crippen LogP contribution in [0.15, 0.2) is 23.2 Å². The minimum atomic E-state index is -0.113. The molecule has 0 spiro atoms. The lowest BCUT2D eigenvalue weighted by Gasteiger charge is -2.15. The molecule has 0 saturated heterocycles. The monoisotopic (exact) mass is 328 g/mol. The molecule has 0 aromatic heterocycles. The Morgan fingerprint density at radius 1 is 1.60 bits per heavy atom. The highest BCUT2D eigenvalue weighted by molar-refractivity contribution is 8.39. The van der Waals surface area contributed by atoms with E-state index in [1.807, 2.05) is 32.0 Å². The zero-order chi connectivity index (χ0) is 14.5. The standard InChI is InChI=1S/C14H17ClN2OS2/c1-3-12(20-14-16-7-8-19-14)13(18)17-11-6-4-5-10(15)9(11)2/h4-6,12H,3,7-8H2,1-2H3,(H,17,18). The lowest BCUT2D eigenvalue weighted by molar-refractivity contribution is -0.115. The van der Waals surface area contributed by atoms with Gasteiger partial charge in [-0.2, -0.15) is 0 Å². The molecule has 0 aliphatic carbocycles. The maximum absolute atomic E-state index is 12.4. The molecule has 1 amide bonds. The van der Waals surface area contributed by atoms with Crippen LogP contribution in [0.1, 0.15) is 18.9 Å². The average molecular weight is 329 g/mol. The number of thioether (sulfide) groups is 2. The van der Waals surface area contributed by atoms with Crippen molar-refractivity contribution in [2.24, 2.45) is 4.99 Å². The zero-order valence-corrected chi connectivity index (χ0v) is 13.9. The second-order valence-electron chi connectivity index (χ2n) is 4.41. The lowest BCUT2D eigenvalue weighted by atomic mass is 10.2. The van der Waals surface area contributed by atoms with Crippen LogP contribution in [0.25, 0.3) is 0 Å². The molecule has 0 saturated carbocycles. The van der Waals surface area contributed by atoms with Crippen LogP contribution in [0.3, 0.4) is 0 Å². The summed E-state index contributed by atoms with van der Waals surface area (Å²) in [5.41, 5.74) is 1.68. The predicted molar refractivity (Wildman–Crippen MR) is 91.2 cm³/mol. The molecule has 1 N–H and O–H groups in total. The van der Waals surface area contributed by atoms with Crippen LogP contribution in [0, 0.1) is 6.92 Å². The van der Waals surface area contributed by atoms with Gasteiger partial charge in [0.05, 0.1) is 11.8 Å². The molecule has 1 unspecified atom stereocenters. The fraction of sp³-hybridized carbons (Fsp3) is 0.429. The molecule has 0 fully saturated rings. The van der Waals surface area contributed by atoms with E-state index < -0.39 is 0 Å². The van der Waals surface area contributed by atoms with Crippen LogP contribution < -0.4 is 5.32 Å². The first-order chi connectivity index (χ1) is 9.61. The van der Waals surface area contributed by atoms with E-state index in [1.54, 1.807) is 23.5 Å². The molecule has 2 rings (SSSR count). The summed E-state index contributed by atoms with van der Waals surface area (Å²) in [5, 5.41) is 3.52. The van der Waals surface area contributed by atoms with Gasteiger partial charge in [0.2, 0.25) is 5.91 Å². The van der Waals surface area contributed by atoms with Crippen molar-refractivity contribution in [2.75, 3.05) is 17.6 Å². The number of carbonyl (C=O) groups excluding carboxylic acids is 1. The Bertz CT molecular complexity index is 534. The maximum atomic E-state index is 12.4. The molecule has 1 aromatic carbocycles. The number of anilines is 1. The number of nitrogens with zero attached hydrogens (tertiary/aromatic N) is 1. The number of benzene rings is 1. The normalized spacial score (nSPS) is 15.8. The van der Waals surface area contributed by atoms with Crippen molar-refractivity contribution in [3.8, 4) is 0 Å². The first kappa shape index (κ1) is 15.7. The number of amides is 1. The Labute approximate surface area is 133 Å². The molecule has 0 radical (unpaired) electrons. The average Bonchev–Trinajstić information content (AvgIpc) is 2.94. The molecule has 0 bridgehead atoms. The van der Waals surface area contributed by atoms with Crippen molar-refractivity contribution in [1.82, 2.24) is 0 Å². The first-order valence-corrected chi connectivity index (χ1v) is 8.76. The summed E-state index contributed by atoms with van der Waals surface area (Å²) in [6, 6.07) is 5.54. The Morgan fingerprint density at radius 2 is 2.40 bits per heavy atom. The quantitative estimate of drug-likeness (QED) is 0.900. The minimum absolute atomic E-state index is 0.0121. The molecule has 6 heteroatoms. The molecule has 1 atom stereocenters. The Hall–Kier alpha value is -0.650. The van der Waals surface area contributed by atoms with Gasteiger partial charge >= 0.3 is 0 Å². The predicted octanol–water partition coefficient (Wildman–Crippen LogP) is 4.20. The molecule has 1 heterocycles. The molecule has 1 aromatic rings. The zero-order valence-electron chi connectivity index (χ0n) is 11.5. The van der Waals surface area contributed by atoms with Gasteiger partial charge in [-0.25, -0.2) is 0 Å². The summed E-state index contributed by atoms with van der Waals surface area (Å²) in [7, 11) is 0. The van der Waals surface area contributed by atoms with Gasteiger partial charge in [-0.3, -0.25) is 9.79 Å². The summed E-state index contributed by atoms with van der Waals surface area (Å²) in [4.78, 5) is 16.7. The van der Waals surface area contributed by atoms with E-state index in [0.717, 1.165) is 34.3 Å². The first-order valence-electron chi connectivity index (χ1n) is 6.51. The summed E-state index contributed by atoms with van der Waals surface area (Å²) >= 11 is 9.35. The van der Waals surface area contributed by atoms with E-state index >= 15 is 0 Å². The summed E-state index contributed by atoms with van der Waals surface area (Å²) in [6.07, 6.45) is 0.774. The van der Waals surface area contributed by atoms with Gasteiger partial charge in [-0.15, -0.1) is 0 Å². The number of nitrogens with one attached hydrogen (secondary N) is 1. The molecule has 20 heavy (non-hydrogen) atoms. The fourth-order valence-electron chi connectivity index (χ4n) is 1.79. The molecule has 1 aliphatic rings. The van der Waals surface area contributed by atoms with E-state index in [1.165, 1.54) is 0 Å². The van der Waals surface area contributed by atoms with E-state index in [-0.39, 0.29) is 11.2 Å². The summed E-state index contributed by atoms with van der Waals surface area (Å²) in [5.74, 6) is 1.03. The molecule has 108 valence electrons. The third-order valence-electron chi connectivity index (χ3n) is 2.99. The SMILES string of the molecule is CCC(SC1=NCCS1)C(=O)Nc1cccc(Cl)c1C. The van der Waals surface area contributed by atoms with Crippen LogP contribution in [0.5, 0.6) is 0 Å². The van der Waals surface area contributed by atoms with Crippen molar-refractivity contribution in [3.05, 3.63) is 28.8 Å². The minimum Gasteiger partial charge on any atom is -0.325 e. The van der Waals surface area contributed by atoms with Crippen LogP contribution in [-0.2, 0) is 4.79 Å². The molecular weight excluding hydrogens is 312 g/mol. The highest BCUT2D eigenvalue weighted by atomic mass is 35.5. The van der Waals surface area contributed by atoms with Gasteiger partial charge < -0.3 is 5.32 Å². The van der Waals surface area contributed by atoms with Crippen molar-refractivity contribution in [2.45, 2.75) is 25.5 Å². The van der Waals surface area contributed by atoms with Crippen LogP contribution in [0.2, 0.25) is 5.02 Å². The van der Waals surface area contributed by atoms with Gasteiger partial charge in [0.1, 0.15) is 4.38 Å². The Kier molecular flexibility index (Phi) is 5.81. The number of hydrogen-bond acceptors (Lipinski definition) is 4. The highest BCUT2D eigenvalue weighted by Crippen LogP contribution is 2.29. The highest BCUT2D eigenvalue weighted by Gasteiger charge is 2.22.